The van der Waals surface area contributed by atoms with E-state index in [9.17, 15) is 9.59 Å². The molecular formula is C14H18N2O4. The molecule has 0 spiro atoms. The maximum Gasteiger partial charge on any atom is 0.336 e. The summed E-state index contributed by atoms with van der Waals surface area (Å²) in [5, 5.41) is 14.6. The Morgan fingerprint density at radius 1 is 1.30 bits per heavy atom. The molecule has 0 aromatic heterocycles. The van der Waals surface area contributed by atoms with Gasteiger partial charge in [-0.25, -0.2) is 9.59 Å². The Hall–Kier alpha value is -2.08. The lowest BCUT2D eigenvalue weighted by molar-refractivity contribution is 0.0696. The summed E-state index contributed by atoms with van der Waals surface area (Å²) in [5.74, 6) is -1.00. The largest absolute Gasteiger partial charge is 0.478 e. The number of urea groups is 1. The van der Waals surface area contributed by atoms with Gasteiger partial charge < -0.3 is 20.5 Å². The first-order valence-electron chi connectivity index (χ1n) is 6.56. The highest BCUT2D eigenvalue weighted by Crippen LogP contribution is 2.19. The van der Waals surface area contributed by atoms with E-state index in [2.05, 4.69) is 10.6 Å². The Bertz CT molecular complexity index is 510. The number of hydrogen-bond donors (Lipinski definition) is 3. The van der Waals surface area contributed by atoms with E-state index in [1.54, 1.807) is 19.1 Å². The van der Waals surface area contributed by atoms with Gasteiger partial charge in [0.2, 0.25) is 0 Å². The molecule has 108 valence electrons. The van der Waals surface area contributed by atoms with E-state index in [0.717, 1.165) is 12.8 Å². The molecule has 1 aliphatic rings. The molecule has 1 aromatic carbocycles. The summed E-state index contributed by atoms with van der Waals surface area (Å²) in [6, 6.07) is 4.60. The molecule has 0 bridgehead atoms. The fraction of sp³-hybridized carbons (Fsp3) is 0.429. The number of carbonyl (C=O) groups is 2. The summed E-state index contributed by atoms with van der Waals surface area (Å²) < 4.78 is 5.22. The van der Waals surface area contributed by atoms with Crippen LogP contribution in [0.25, 0.3) is 0 Å². The van der Waals surface area contributed by atoms with Gasteiger partial charge >= 0.3 is 12.0 Å². The monoisotopic (exact) mass is 278 g/mol. The van der Waals surface area contributed by atoms with Crippen molar-refractivity contribution in [1.82, 2.24) is 5.32 Å². The normalized spacial score (nSPS) is 15.7. The summed E-state index contributed by atoms with van der Waals surface area (Å²) in [7, 11) is 0. The zero-order chi connectivity index (χ0) is 14.5. The molecule has 1 heterocycles. The van der Waals surface area contributed by atoms with E-state index >= 15 is 0 Å². The van der Waals surface area contributed by atoms with Crippen molar-refractivity contribution in [3.05, 3.63) is 29.3 Å². The predicted octanol–water partition coefficient (Wildman–Crippen LogP) is 1.99. The van der Waals surface area contributed by atoms with Gasteiger partial charge in [0.25, 0.3) is 0 Å². The van der Waals surface area contributed by atoms with Gasteiger partial charge in [-0.15, -0.1) is 0 Å². The van der Waals surface area contributed by atoms with Crippen LogP contribution in [0.4, 0.5) is 10.5 Å². The second kappa shape index (κ2) is 6.38. The second-order valence-corrected chi connectivity index (χ2v) is 4.77. The van der Waals surface area contributed by atoms with E-state index in [1.165, 1.54) is 6.07 Å². The van der Waals surface area contributed by atoms with Crippen LogP contribution < -0.4 is 10.6 Å². The van der Waals surface area contributed by atoms with Crippen molar-refractivity contribution in [2.75, 3.05) is 18.5 Å². The number of ether oxygens (including phenoxy) is 1. The van der Waals surface area contributed by atoms with Crippen molar-refractivity contribution in [1.29, 1.82) is 0 Å². The molecule has 2 amide bonds. The average Bonchev–Trinajstić information content (AvgIpc) is 2.42. The number of amides is 2. The van der Waals surface area contributed by atoms with E-state index in [4.69, 9.17) is 9.84 Å². The highest BCUT2D eigenvalue weighted by Gasteiger charge is 2.17. The van der Waals surface area contributed by atoms with Gasteiger partial charge in [0.15, 0.2) is 0 Å². The number of carboxylic acids is 1. The summed E-state index contributed by atoms with van der Waals surface area (Å²) in [5.41, 5.74) is 1.24. The smallest absolute Gasteiger partial charge is 0.336 e. The van der Waals surface area contributed by atoms with E-state index in [0.29, 0.717) is 24.5 Å². The highest BCUT2D eigenvalue weighted by molar-refractivity contribution is 5.95. The molecule has 2 rings (SSSR count). The molecule has 6 nitrogen and oxygen atoms in total. The van der Waals surface area contributed by atoms with Crippen LogP contribution in [-0.2, 0) is 4.74 Å². The van der Waals surface area contributed by atoms with Gasteiger partial charge in [-0.2, -0.15) is 0 Å². The first-order valence-corrected chi connectivity index (χ1v) is 6.56. The Kier molecular flexibility index (Phi) is 4.57. The summed E-state index contributed by atoms with van der Waals surface area (Å²) in [4.78, 5) is 22.9. The van der Waals surface area contributed by atoms with Gasteiger partial charge in [-0.05, 0) is 37.5 Å². The number of anilines is 1. The fourth-order valence-electron chi connectivity index (χ4n) is 2.19. The van der Waals surface area contributed by atoms with Crippen LogP contribution in [0.2, 0.25) is 0 Å². The quantitative estimate of drug-likeness (QED) is 0.789. The first-order chi connectivity index (χ1) is 9.58. The molecule has 0 unspecified atom stereocenters. The van der Waals surface area contributed by atoms with E-state index in [-0.39, 0.29) is 17.6 Å². The van der Waals surface area contributed by atoms with E-state index < -0.39 is 5.97 Å². The molecule has 1 fully saturated rings. The van der Waals surface area contributed by atoms with Gasteiger partial charge in [0, 0.05) is 24.9 Å². The zero-order valence-electron chi connectivity index (χ0n) is 11.3. The van der Waals surface area contributed by atoms with Crippen LogP contribution in [0.15, 0.2) is 18.2 Å². The number of carbonyl (C=O) groups excluding carboxylic acids is 1. The Morgan fingerprint density at radius 2 is 2.00 bits per heavy atom. The minimum absolute atomic E-state index is 0.103. The second-order valence-electron chi connectivity index (χ2n) is 4.77. The molecule has 20 heavy (non-hydrogen) atoms. The van der Waals surface area contributed by atoms with Gasteiger partial charge in [0.1, 0.15) is 0 Å². The molecule has 0 atom stereocenters. The van der Waals surface area contributed by atoms with Crippen molar-refractivity contribution in [2.24, 2.45) is 0 Å². The fourth-order valence-corrected chi connectivity index (χ4v) is 2.19. The third kappa shape index (κ3) is 3.48. The Morgan fingerprint density at radius 3 is 2.65 bits per heavy atom. The molecule has 0 saturated carbocycles. The molecule has 1 aliphatic heterocycles. The topological polar surface area (TPSA) is 87.7 Å². The molecular weight excluding hydrogens is 260 g/mol. The average molecular weight is 278 g/mol. The first kappa shape index (κ1) is 14.3. The SMILES string of the molecule is Cc1c(NC(=O)NC2CCOCC2)cccc1C(=O)O. The minimum atomic E-state index is -1.00. The third-order valence-electron chi connectivity index (χ3n) is 3.37. The summed E-state index contributed by atoms with van der Waals surface area (Å²) in [6.45, 7) is 2.98. The predicted molar refractivity (Wildman–Crippen MR) is 74.1 cm³/mol. The number of rotatable bonds is 3. The lowest BCUT2D eigenvalue weighted by atomic mass is 10.1. The van der Waals surface area contributed by atoms with Gasteiger partial charge in [-0.1, -0.05) is 6.07 Å². The maximum absolute atomic E-state index is 11.9. The molecule has 1 saturated heterocycles. The van der Waals surface area contributed by atoms with Crippen molar-refractivity contribution < 1.29 is 19.4 Å². The summed E-state index contributed by atoms with van der Waals surface area (Å²) >= 11 is 0. The Labute approximate surface area is 117 Å². The van der Waals surface area contributed by atoms with Crippen LogP contribution in [0.1, 0.15) is 28.8 Å². The number of nitrogens with one attached hydrogen (secondary N) is 2. The van der Waals surface area contributed by atoms with Crippen molar-refractivity contribution in [3.8, 4) is 0 Å². The number of benzene rings is 1. The molecule has 6 heteroatoms. The lowest BCUT2D eigenvalue weighted by Crippen LogP contribution is -2.41. The van der Waals surface area contributed by atoms with Crippen LogP contribution in [-0.4, -0.2) is 36.4 Å². The van der Waals surface area contributed by atoms with Crippen LogP contribution in [0.3, 0.4) is 0 Å². The zero-order valence-corrected chi connectivity index (χ0v) is 11.3. The van der Waals surface area contributed by atoms with Crippen molar-refractivity contribution in [3.63, 3.8) is 0 Å². The Balaban J connectivity index is 2.00. The van der Waals surface area contributed by atoms with Crippen LogP contribution >= 0.6 is 0 Å². The summed E-state index contributed by atoms with van der Waals surface area (Å²) in [6.07, 6.45) is 1.59. The van der Waals surface area contributed by atoms with Crippen molar-refractivity contribution in [2.45, 2.75) is 25.8 Å². The van der Waals surface area contributed by atoms with E-state index in [1.807, 2.05) is 0 Å². The van der Waals surface area contributed by atoms with Gasteiger partial charge in [-0.3, -0.25) is 0 Å². The third-order valence-corrected chi connectivity index (χ3v) is 3.37. The molecule has 0 aliphatic carbocycles. The maximum atomic E-state index is 11.9. The minimum Gasteiger partial charge on any atom is -0.478 e. The standard InChI is InChI=1S/C14H18N2O4/c1-9-11(13(17)18)3-2-4-12(9)16-14(19)15-10-5-7-20-8-6-10/h2-4,10H,5-8H2,1H3,(H,17,18)(H2,15,16,19). The van der Waals surface area contributed by atoms with Crippen LogP contribution in [0.5, 0.6) is 0 Å². The number of carboxylic acid groups (broad SMARTS) is 1. The number of aromatic carboxylic acids is 1. The van der Waals surface area contributed by atoms with Crippen LogP contribution in [0, 0.1) is 6.92 Å². The van der Waals surface area contributed by atoms with Gasteiger partial charge in [0.05, 0.1) is 5.56 Å². The molecule has 3 N–H and O–H groups in total. The van der Waals surface area contributed by atoms with Crippen molar-refractivity contribution >= 4 is 17.7 Å². The molecule has 0 radical (unpaired) electrons. The highest BCUT2D eigenvalue weighted by atomic mass is 16.5. The molecule has 1 aromatic rings. The number of hydrogen-bond acceptors (Lipinski definition) is 3. The lowest BCUT2D eigenvalue weighted by Gasteiger charge is -2.23.